The van der Waals surface area contributed by atoms with E-state index in [1.165, 1.54) is 4.90 Å². The number of pyridine rings is 1. The zero-order valence-electron chi connectivity index (χ0n) is 17.6. The molecule has 0 saturated heterocycles. The Hall–Kier alpha value is -1.48. The molecule has 1 heterocycles. The van der Waals surface area contributed by atoms with Crippen molar-refractivity contribution < 1.29 is 0 Å². The van der Waals surface area contributed by atoms with Crippen LogP contribution in [-0.4, -0.2) is 35.4 Å². The van der Waals surface area contributed by atoms with Gasteiger partial charge < -0.3 is 15.2 Å². The molecule has 7 heteroatoms. The summed E-state index contributed by atoms with van der Waals surface area (Å²) < 4.78 is 1.84. The number of nitrogens with zero attached hydrogens (tertiary/aromatic N) is 2. The Bertz CT molecular complexity index is 795. The number of hydrogen-bond donors (Lipinski definition) is 2. The standard InChI is InChI=1S/C22H32N4OS.HI/c1-4-23-22(25-17-19(3)28-20-12-6-5-7-13-20)24-15-8-9-16-26-18(2)11-10-14-21(26)27;/h5-7,10-14,19H,4,8-9,15-17H2,1-3H3,(H2,23,24,25);1H. The average molecular weight is 529 g/mol. The smallest absolute Gasteiger partial charge is 0.250 e. The zero-order chi connectivity index (χ0) is 20.2. The maximum Gasteiger partial charge on any atom is 0.250 e. The maximum absolute atomic E-state index is 11.9. The first-order valence-electron chi connectivity index (χ1n) is 10.0. The Balaban J connectivity index is 0.00000420. The van der Waals surface area contributed by atoms with Gasteiger partial charge in [-0.2, -0.15) is 0 Å². The van der Waals surface area contributed by atoms with E-state index in [1.54, 1.807) is 6.07 Å². The second kappa shape index (κ2) is 14.5. The van der Waals surface area contributed by atoms with Crippen molar-refractivity contribution in [2.45, 2.75) is 50.3 Å². The van der Waals surface area contributed by atoms with Crippen molar-refractivity contribution in [3.63, 3.8) is 0 Å². The van der Waals surface area contributed by atoms with Crippen molar-refractivity contribution >= 4 is 41.7 Å². The predicted molar refractivity (Wildman–Crippen MR) is 136 cm³/mol. The summed E-state index contributed by atoms with van der Waals surface area (Å²) in [5.74, 6) is 0.857. The van der Waals surface area contributed by atoms with Gasteiger partial charge in [0.1, 0.15) is 0 Å². The van der Waals surface area contributed by atoms with Gasteiger partial charge in [0.05, 0.1) is 6.54 Å². The highest BCUT2D eigenvalue weighted by atomic mass is 127. The molecule has 160 valence electrons. The van der Waals surface area contributed by atoms with Gasteiger partial charge >= 0.3 is 0 Å². The van der Waals surface area contributed by atoms with Crippen LogP contribution in [0.2, 0.25) is 0 Å². The van der Waals surface area contributed by atoms with Crippen molar-refractivity contribution in [1.29, 1.82) is 0 Å². The normalized spacial score (nSPS) is 12.2. The SMILES string of the molecule is CCNC(=NCC(C)Sc1ccccc1)NCCCCn1c(C)cccc1=O.I. The summed E-state index contributed by atoms with van der Waals surface area (Å²) in [6, 6.07) is 15.8. The van der Waals surface area contributed by atoms with E-state index < -0.39 is 0 Å². The lowest BCUT2D eigenvalue weighted by atomic mass is 10.3. The second-order valence-electron chi connectivity index (χ2n) is 6.75. The van der Waals surface area contributed by atoms with Gasteiger partial charge in [-0.25, -0.2) is 0 Å². The first kappa shape index (κ1) is 25.6. The summed E-state index contributed by atoms with van der Waals surface area (Å²) in [5.41, 5.74) is 1.09. The number of thioether (sulfide) groups is 1. The fraction of sp³-hybridized carbons (Fsp3) is 0.455. The number of rotatable bonds is 10. The Morgan fingerprint density at radius 2 is 1.86 bits per heavy atom. The number of aromatic nitrogens is 1. The van der Waals surface area contributed by atoms with Crippen LogP contribution in [0.5, 0.6) is 0 Å². The van der Waals surface area contributed by atoms with Gasteiger partial charge in [-0.15, -0.1) is 35.7 Å². The van der Waals surface area contributed by atoms with Gasteiger partial charge in [-0.1, -0.05) is 31.2 Å². The van der Waals surface area contributed by atoms with Crippen molar-refractivity contribution in [2.24, 2.45) is 4.99 Å². The van der Waals surface area contributed by atoms with E-state index in [0.717, 1.165) is 50.7 Å². The van der Waals surface area contributed by atoms with Gasteiger partial charge in [0.15, 0.2) is 5.96 Å². The molecule has 0 spiro atoms. The van der Waals surface area contributed by atoms with E-state index in [4.69, 9.17) is 4.99 Å². The number of halogens is 1. The van der Waals surface area contributed by atoms with E-state index in [2.05, 4.69) is 48.7 Å². The first-order chi connectivity index (χ1) is 13.6. The highest BCUT2D eigenvalue weighted by Gasteiger charge is 2.05. The predicted octanol–water partition coefficient (Wildman–Crippen LogP) is 4.29. The Kier molecular flexibility index (Phi) is 12.8. The van der Waals surface area contributed by atoms with E-state index in [1.807, 2.05) is 41.5 Å². The Labute approximate surface area is 195 Å². The zero-order valence-corrected chi connectivity index (χ0v) is 20.7. The average Bonchev–Trinajstić information content (AvgIpc) is 2.68. The fourth-order valence-corrected chi connectivity index (χ4v) is 3.77. The van der Waals surface area contributed by atoms with Crippen LogP contribution in [0.4, 0.5) is 0 Å². The molecule has 0 fully saturated rings. The van der Waals surface area contributed by atoms with Crippen LogP contribution in [-0.2, 0) is 6.54 Å². The number of aliphatic imine (C=N–C) groups is 1. The molecule has 1 aromatic carbocycles. The third kappa shape index (κ3) is 9.71. The molecular formula is C22H33IN4OS. The molecule has 5 nitrogen and oxygen atoms in total. The first-order valence-corrected chi connectivity index (χ1v) is 10.9. The summed E-state index contributed by atoms with van der Waals surface area (Å²) in [6.07, 6.45) is 1.94. The number of hydrogen-bond acceptors (Lipinski definition) is 3. The molecule has 29 heavy (non-hydrogen) atoms. The minimum absolute atomic E-state index is 0. The Morgan fingerprint density at radius 1 is 1.10 bits per heavy atom. The molecule has 2 rings (SSSR count). The van der Waals surface area contributed by atoms with Crippen molar-refractivity contribution in [3.8, 4) is 0 Å². The van der Waals surface area contributed by atoms with E-state index >= 15 is 0 Å². The number of aryl methyl sites for hydroxylation is 1. The molecule has 1 unspecified atom stereocenters. The molecule has 2 N–H and O–H groups in total. The lowest BCUT2D eigenvalue weighted by molar-refractivity contribution is 0.575. The molecule has 1 atom stereocenters. The van der Waals surface area contributed by atoms with Gasteiger partial charge in [-0.05, 0) is 44.9 Å². The lowest BCUT2D eigenvalue weighted by Gasteiger charge is -2.14. The summed E-state index contributed by atoms with van der Waals surface area (Å²) in [6.45, 7) is 9.44. The third-order valence-electron chi connectivity index (χ3n) is 4.30. The third-order valence-corrected chi connectivity index (χ3v) is 5.40. The van der Waals surface area contributed by atoms with E-state index in [-0.39, 0.29) is 29.5 Å². The molecule has 2 aromatic rings. The van der Waals surface area contributed by atoms with Crippen LogP contribution in [0, 0.1) is 6.92 Å². The number of benzene rings is 1. The quantitative estimate of drug-likeness (QED) is 0.159. The lowest BCUT2D eigenvalue weighted by Crippen LogP contribution is -2.38. The van der Waals surface area contributed by atoms with Gasteiger partial charge in [0.25, 0.3) is 5.56 Å². The van der Waals surface area contributed by atoms with Crippen molar-refractivity contribution in [2.75, 3.05) is 19.6 Å². The van der Waals surface area contributed by atoms with Crippen molar-refractivity contribution in [3.05, 3.63) is 64.6 Å². The van der Waals surface area contributed by atoms with Crippen LogP contribution in [0.1, 0.15) is 32.4 Å². The molecule has 0 aliphatic carbocycles. The summed E-state index contributed by atoms with van der Waals surface area (Å²) >= 11 is 1.84. The molecule has 0 bridgehead atoms. The number of guanidine groups is 1. The summed E-state index contributed by atoms with van der Waals surface area (Å²) in [5, 5.41) is 7.11. The van der Waals surface area contributed by atoms with Gasteiger partial charge in [0, 0.05) is 41.5 Å². The molecular weight excluding hydrogens is 495 g/mol. The van der Waals surface area contributed by atoms with Crippen LogP contribution in [0.3, 0.4) is 0 Å². The van der Waals surface area contributed by atoms with Crippen molar-refractivity contribution in [1.82, 2.24) is 15.2 Å². The molecule has 0 saturated carbocycles. The van der Waals surface area contributed by atoms with Crippen LogP contribution in [0.25, 0.3) is 0 Å². The Morgan fingerprint density at radius 3 is 2.55 bits per heavy atom. The minimum atomic E-state index is 0. The molecule has 0 aliphatic rings. The number of nitrogens with one attached hydrogen (secondary N) is 2. The monoisotopic (exact) mass is 528 g/mol. The van der Waals surface area contributed by atoms with Crippen LogP contribution in [0.15, 0.2) is 63.2 Å². The van der Waals surface area contributed by atoms with Gasteiger partial charge in [0.2, 0.25) is 0 Å². The molecule has 0 aliphatic heterocycles. The molecule has 0 amide bonds. The van der Waals surface area contributed by atoms with Crippen LogP contribution >= 0.6 is 35.7 Å². The fourth-order valence-electron chi connectivity index (χ4n) is 2.84. The maximum atomic E-state index is 11.9. The highest BCUT2D eigenvalue weighted by Crippen LogP contribution is 2.22. The van der Waals surface area contributed by atoms with E-state index in [0.29, 0.717) is 5.25 Å². The topological polar surface area (TPSA) is 58.4 Å². The summed E-state index contributed by atoms with van der Waals surface area (Å²) in [4.78, 5) is 17.9. The highest BCUT2D eigenvalue weighted by molar-refractivity contribution is 14.0. The largest absolute Gasteiger partial charge is 0.357 e. The second-order valence-corrected chi connectivity index (χ2v) is 8.26. The number of unbranched alkanes of at least 4 members (excludes halogenated alkanes) is 1. The molecule has 0 radical (unpaired) electrons. The molecule has 1 aromatic heterocycles. The van der Waals surface area contributed by atoms with Crippen LogP contribution < -0.4 is 16.2 Å². The summed E-state index contributed by atoms with van der Waals surface area (Å²) in [7, 11) is 0. The minimum Gasteiger partial charge on any atom is -0.357 e. The van der Waals surface area contributed by atoms with Gasteiger partial charge in [-0.3, -0.25) is 9.79 Å². The van der Waals surface area contributed by atoms with E-state index in [9.17, 15) is 4.79 Å².